The van der Waals surface area contributed by atoms with Crippen molar-refractivity contribution in [1.29, 1.82) is 0 Å². The number of hydrogen-bond acceptors (Lipinski definition) is 3. The van der Waals surface area contributed by atoms with E-state index in [1.807, 2.05) is 20.8 Å². The monoisotopic (exact) mass is 380 g/mol. The largest absolute Gasteiger partial charge is 0.440 e. The van der Waals surface area contributed by atoms with Crippen molar-refractivity contribution in [2.24, 2.45) is 4.99 Å². The summed E-state index contributed by atoms with van der Waals surface area (Å²) in [6.07, 6.45) is 0. The highest BCUT2D eigenvalue weighted by Gasteiger charge is 2.21. The van der Waals surface area contributed by atoms with E-state index in [4.69, 9.17) is 4.42 Å². The molecule has 2 aromatic carbocycles. The highest BCUT2D eigenvalue weighted by atomic mass is 19.1. The summed E-state index contributed by atoms with van der Waals surface area (Å²) in [5, 5.41) is 0. The molecule has 0 aliphatic carbocycles. The van der Waals surface area contributed by atoms with Crippen LogP contribution in [0.15, 0.2) is 45.8 Å². The van der Waals surface area contributed by atoms with Crippen molar-refractivity contribution in [2.45, 2.75) is 65.8 Å². The highest BCUT2D eigenvalue weighted by Crippen LogP contribution is 2.28. The molecular weight excluding hydrogens is 351 g/mol. The number of aliphatic imine (C=N–C) groups is 1. The fourth-order valence-electron chi connectivity index (χ4n) is 3.03. The molecule has 2 heterocycles. The molecule has 3 nitrogen and oxygen atoms in total. The number of oxazole rings is 1. The van der Waals surface area contributed by atoms with Gasteiger partial charge in [-0.3, -0.25) is 4.99 Å². The Morgan fingerprint density at radius 1 is 0.929 bits per heavy atom. The van der Waals surface area contributed by atoms with E-state index in [9.17, 15) is 4.39 Å². The predicted molar refractivity (Wildman–Crippen MR) is 114 cm³/mol. The standard InChI is InChI=1S/C13H17N.C11H12FNO/c1-9-12-7-11(13(2,3)4)6-5-10(12)8-14-9;1-11(2,3)10-13-8-5-4-7(12)6-9(8)14-10/h5-7H,8H2,1-4H3;4-6H,1-3H3. The highest BCUT2D eigenvalue weighted by molar-refractivity contribution is 6.02. The van der Waals surface area contributed by atoms with Crippen LogP contribution in [0.2, 0.25) is 0 Å². The summed E-state index contributed by atoms with van der Waals surface area (Å²) >= 11 is 0. The number of rotatable bonds is 0. The zero-order valence-electron chi connectivity index (χ0n) is 17.9. The molecule has 0 saturated carbocycles. The van der Waals surface area contributed by atoms with E-state index in [-0.39, 0.29) is 16.6 Å². The molecule has 1 aliphatic rings. The molecule has 0 amide bonds. The second kappa shape index (κ2) is 7.16. The SMILES string of the molecule is CC(C)(C)c1nc2ccc(F)cc2o1.CC1=NCc2ccc(C(C)(C)C)cc21. The first-order valence-electron chi connectivity index (χ1n) is 9.66. The molecule has 1 aliphatic heterocycles. The van der Waals surface area contributed by atoms with Crippen LogP contribution in [-0.2, 0) is 17.4 Å². The minimum absolute atomic E-state index is 0.143. The minimum atomic E-state index is -0.297. The smallest absolute Gasteiger partial charge is 0.200 e. The predicted octanol–water partition coefficient (Wildman–Crippen LogP) is 6.57. The molecule has 0 radical (unpaired) electrons. The minimum Gasteiger partial charge on any atom is -0.440 e. The summed E-state index contributed by atoms with van der Waals surface area (Å²) in [5.41, 5.74) is 6.60. The Bertz CT molecular complexity index is 1030. The number of halogens is 1. The van der Waals surface area contributed by atoms with Gasteiger partial charge in [0, 0.05) is 22.8 Å². The molecular formula is C24H29FN2O. The average molecular weight is 381 g/mol. The van der Waals surface area contributed by atoms with Crippen LogP contribution in [0, 0.1) is 5.82 Å². The molecule has 0 bridgehead atoms. The van der Waals surface area contributed by atoms with E-state index in [1.165, 1.54) is 34.5 Å². The molecule has 0 saturated heterocycles. The summed E-state index contributed by atoms with van der Waals surface area (Å²) in [7, 11) is 0. The topological polar surface area (TPSA) is 38.4 Å². The molecule has 4 rings (SSSR count). The van der Waals surface area contributed by atoms with Gasteiger partial charge in [-0.15, -0.1) is 0 Å². The maximum Gasteiger partial charge on any atom is 0.200 e. The van der Waals surface area contributed by atoms with Crippen molar-refractivity contribution in [3.8, 4) is 0 Å². The zero-order chi connectivity index (χ0) is 20.7. The van der Waals surface area contributed by atoms with Crippen molar-refractivity contribution >= 4 is 16.8 Å². The van der Waals surface area contributed by atoms with E-state index in [2.05, 4.69) is 55.9 Å². The normalized spacial score (nSPS) is 13.8. The maximum atomic E-state index is 12.9. The van der Waals surface area contributed by atoms with Crippen LogP contribution in [0.25, 0.3) is 11.1 Å². The van der Waals surface area contributed by atoms with E-state index in [1.54, 1.807) is 6.07 Å². The van der Waals surface area contributed by atoms with Crippen molar-refractivity contribution in [3.63, 3.8) is 0 Å². The third kappa shape index (κ3) is 4.32. The second-order valence-electron chi connectivity index (χ2n) is 9.40. The molecule has 3 aromatic rings. The maximum absolute atomic E-state index is 12.9. The van der Waals surface area contributed by atoms with Crippen LogP contribution >= 0.6 is 0 Å². The molecule has 1 aromatic heterocycles. The number of benzene rings is 2. The van der Waals surface area contributed by atoms with E-state index in [0.717, 1.165) is 6.54 Å². The van der Waals surface area contributed by atoms with E-state index >= 15 is 0 Å². The summed E-state index contributed by atoms with van der Waals surface area (Å²) in [6.45, 7) is 15.7. The van der Waals surface area contributed by atoms with Crippen molar-refractivity contribution in [3.05, 3.63) is 64.8 Å². The fraction of sp³-hybridized carbons (Fsp3) is 0.417. The first-order valence-corrected chi connectivity index (χ1v) is 9.66. The zero-order valence-corrected chi connectivity index (χ0v) is 17.9. The Morgan fingerprint density at radius 2 is 1.64 bits per heavy atom. The van der Waals surface area contributed by atoms with Crippen molar-refractivity contribution < 1.29 is 8.81 Å². The third-order valence-corrected chi connectivity index (χ3v) is 4.84. The first-order chi connectivity index (χ1) is 12.9. The fourth-order valence-corrected chi connectivity index (χ4v) is 3.03. The van der Waals surface area contributed by atoms with Gasteiger partial charge in [0.1, 0.15) is 11.3 Å². The Kier molecular flexibility index (Phi) is 5.18. The molecule has 0 atom stereocenters. The van der Waals surface area contributed by atoms with Crippen LogP contribution in [0.4, 0.5) is 4.39 Å². The lowest BCUT2D eigenvalue weighted by atomic mass is 9.85. The lowest BCUT2D eigenvalue weighted by Crippen LogP contribution is -2.12. The average Bonchev–Trinajstić information content (AvgIpc) is 3.18. The van der Waals surface area contributed by atoms with Gasteiger partial charge < -0.3 is 4.42 Å². The Labute approximate surface area is 166 Å². The van der Waals surface area contributed by atoms with Gasteiger partial charge in [0.2, 0.25) is 5.89 Å². The molecule has 0 spiro atoms. The Morgan fingerprint density at radius 3 is 2.29 bits per heavy atom. The van der Waals surface area contributed by atoms with Crippen LogP contribution in [0.1, 0.15) is 71.0 Å². The van der Waals surface area contributed by atoms with Crippen LogP contribution in [-0.4, -0.2) is 10.7 Å². The van der Waals surface area contributed by atoms with Gasteiger partial charge >= 0.3 is 0 Å². The summed E-state index contributed by atoms with van der Waals surface area (Å²) < 4.78 is 18.3. The van der Waals surface area contributed by atoms with Gasteiger partial charge in [0.25, 0.3) is 0 Å². The van der Waals surface area contributed by atoms with Crippen molar-refractivity contribution in [1.82, 2.24) is 4.98 Å². The summed E-state index contributed by atoms with van der Waals surface area (Å²) in [4.78, 5) is 8.74. The number of fused-ring (bicyclic) bond motifs is 2. The molecule has 4 heteroatoms. The molecule has 148 valence electrons. The van der Waals surface area contributed by atoms with Crippen LogP contribution < -0.4 is 0 Å². The summed E-state index contributed by atoms with van der Waals surface area (Å²) in [5.74, 6) is 0.340. The molecule has 0 unspecified atom stereocenters. The van der Waals surface area contributed by atoms with Gasteiger partial charge in [0.15, 0.2) is 5.58 Å². The lowest BCUT2D eigenvalue weighted by molar-refractivity contribution is 0.410. The van der Waals surface area contributed by atoms with Gasteiger partial charge in [0.05, 0.1) is 6.54 Å². The van der Waals surface area contributed by atoms with Gasteiger partial charge in [-0.25, -0.2) is 9.37 Å². The Balaban J connectivity index is 0.000000161. The number of nitrogens with zero attached hydrogens (tertiary/aromatic N) is 2. The molecule has 28 heavy (non-hydrogen) atoms. The van der Waals surface area contributed by atoms with Crippen LogP contribution in [0.3, 0.4) is 0 Å². The second-order valence-corrected chi connectivity index (χ2v) is 9.40. The van der Waals surface area contributed by atoms with Crippen LogP contribution in [0.5, 0.6) is 0 Å². The number of hydrogen-bond donors (Lipinski definition) is 0. The molecule has 0 fully saturated rings. The first kappa shape index (κ1) is 20.2. The van der Waals surface area contributed by atoms with Crippen molar-refractivity contribution in [2.75, 3.05) is 0 Å². The molecule has 0 N–H and O–H groups in total. The van der Waals surface area contributed by atoms with Gasteiger partial charge in [-0.05, 0) is 41.7 Å². The van der Waals surface area contributed by atoms with E-state index in [0.29, 0.717) is 17.0 Å². The van der Waals surface area contributed by atoms with Gasteiger partial charge in [-0.1, -0.05) is 53.7 Å². The lowest BCUT2D eigenvalue weighted by Gasteiger charge is -2.19. The quantitative estimate of drug-likeness (QED) is 0.442. The van der Waals surface area contributed by atoms with E-state index < -0.39 is 0 Å². The third-order valence-electron chi connectivity index (χ3n) is 4.84. The summed E-state index contributed by atoms with van der Waals surface area (Å²) in [6, 6.07) is 11.1. The number of aromatic nitrogens is 1. The Hall–Kier alpha value is -2.49. The van der Waals surface area contributed by atoms with Gasteiger partial charge in [-0.2, -0.15) is 0 Å².